The summed E-state index contributed by atoms with van der Waals surface area (Å²) in [6.07, 6.45) is 3.81. The summed E-state index contributed by atoms with van der Waals surface area (Å²) >= 11 is 0. The predicted molar refractivity (Wildman–Crippen MR) is 69.5 cm³/mol. The number of rotatable bonds is 4. The van der Waals surface area contributed by atoms with Gasteiger partial charge in [0.2, 0.25) is 0 Å². The van der Waals surface area contributed by atoms with E-state index in [9.17, 15) is 0 Å². The van der Waals surface area contributed by atoms with Crippen molar-refractivity contribution in [3.05, 3.63) is 34.9 Å². The molecule has 0 radical (unpaired) electrons. The second-order valence-corrected chi connectivity index (χ2v) is 5.49. The van der Waals surface area contributed by atoms with Gasteiger partial charge in [0.25, 0.3) is 0 Å². The summed E-state index contributed by atoms with van der Waals surface area (Å²) < 4.78 is 0. The van der Waals surface area contributed by atoms with E-state index in [-0.39, 0.29) is 0 Å². The van der Waals surface area contributed by atoms with Crippen molar-refractivity contribution in [2.45, 2.75) is 46.1 Å². The van der Waals surface area contributed by atoms with E-state index in [1.165, 1.54) is 29.5 Å². The van der Waals surface area contributed by atoms with Gasteiger partial charge in [0.1, 0.15) is 0 Å². The highest BCUT2D eigenvalue weighted by Crippen LogP contribution is 2.38. The molecule has 1 fully saturated rings. The Kier molecular flexibility index (Phi) is 3.34. The lowest BCUT2D eigenvalue weighted by Gasteiger charge is -2.20. The Morgan fingerprint density at radius 2 is 2.00 bits per heavy atom. The Morgan fingerprint density at radius 1 is 1.31 bits per heavy atom. The smallest absolute Gasteiger partial charge is 0.0108 e. The summed E-state index contributed by atoms with van der Waals surface area (Å²) in [4.78, 5) is 0. The quantitative estimate of drug-likeness (QED) is 0.823. The summed E-state index contributed by atoms with van der Waals surface area (Å²) in [5.41, 5.74) is 10.5. The molecule has 1 heteroatoms. The van der Waals surface area contributed by atoms with Crippen LogP contribution >= 0.6 is 0 Å². The van der Waals surface area contributed by atoms with Gasteiger partial charge < -0.3 is 5.73 Å². The van der Waals surface area contributed by atoms with Crippen molar-refractivity contribution in [2.24, 2.45) is 17.6 Å². The second kappa shape index (κ2) is 4.58. The van der Waals surface area contributed by atoms with Crippen LogP contribution in [0.2, 0.25) is 0 Å². The summed E-state index contributed by atoms with van der Waals surface area (Å²) in [5.74, 6) is 1.58. The topological polar surface area (TPSA) is 26.0 Å². The van der Waals surface area contributed by atoms with Crippen molar-refractivity contribution in [1.82, 2.24) is 0 Å². The van der Waals surface area contributed by atoms with Crippen molar-refractivity contribution in [2.75, 3.05) is 0 Å². The molecule has 1 nitrogen and oxygen atoms in total. The standard InChI is InChI=1S/C15H23N/c1-10-4-5-11(2)14(8-10)9-15(16)12(3)13-6-7-13/h4-5,8,12-13,15H,6-7,9,16H2,1-3H3. The van der Waals surface area contributed by atoms with Gasteiger partial charge in [0.05, 0.1) is 0 Å². The lowest BCUT2D eigenvalue weighted by Crippen LogP contribution is -2.32. The average molecular weight is 217 g/mol. The molecule has 0 spiro atoms. The van der Waals surface area contributed by atoms with Crippen LogP contribution in [0.3, 0.4) is 0 Å². The zero-order chi connectivity index (χ0) is 11.7. The van der Waals surface area contributed by atoms with Crippen LogP contribution in [0.15, 0.2) is 18.2 Å². The minimum atomic E-state index is 0.327. The van der Waals surface area contributed by atoms with E-state index < -0.39 is 0 Å². The third-order valence-corrected chi connectivity index (χ3v) is 4.00. The van der Waals surface area contributed by atoms with E-state index in [1.807, 2.05) is 0 Å². The molecule has 0 aliphatic heterocycles. The predicted octanol–water partition coefficient (Wildman–Crippen LogP) is 3.22. The second-order valence-electron chi connectivity index (χ2n) is 5.49. The van der Waals surface area contributed by atoms with Gasteiger partial charge in [-0.3, -0.25) is 0 Å². The van der Waals surface area contributed by atoms with Crippen LogP contribution in [0, 0.1) is 25.7 Å². The van der Waals surface area contributed by atoms with Crippen LogP contribution in [-0.2, 0) is 6.42 Å². The summed E-state index contributed by atoms with van der Waals surface area (Å²) in [6, 6.07) is 7.00. The molecule has 16 heavy (non-hydrogen) atoms. The third-order valence-electron chi connectivity index (χ3n) is 4.00. The van der Waals surface area contributed by atoms with Crippen molar-refractivity contribution < 1.29 is 0 Å². The molecule has 0 amide bonds. The van der Waals surface area contributed by atoms with Crippen LogP contribution in [0.4, 0.5) is 0 Å². The summed E-state index contributed by atoms with van der Waals surface area (Å²) in [7, 11) is 0. The Labute approximate surface area is 99.0 Å². The van der Waals surface area contributed by atoms with Gasteiger partial charge in [-0.05, 0) is 56.1 Å². The molecular formula is C15H23N. The fraction of sp³-hybridized carbons (Fsp3) is 0.600. The maximum absolute atomic E-state index is 6.31. The van der Waals surface area contributed by atoms with E-state index >= 15 is 0 Å². The van der Waals surface area contributed by atoms with Gasteiger partial charge >= 0.3 is 0 Å². The largest absolute Gasteiger partial charge is 0.327 e. The van der Waals surface area contributed by atoms with Gasteiger partial charge in [-0.15, -0.1) is 0 Å². The molecule has 1 saturated carbocycles. The Balaban J connectivity index is 2.04. The first-order chi connectivity index (χ1) is 7.58. The number of hydrogen-bond donors (Lipinski definition) is 1. The van der Waals surface area contributed by atoms with E-state index in [1.54, 1.807) is 0 Å². The molecule has 1 aliphatic carbocycles. The Morgan fingerprint density at radius 3 is 2.62 bits per heavy atom. The normalized spacial score (nSPS) is 19.5. The minimum absolute atomic E-state index is 0.327. The molecule has 2 rings (SSSR count). The van der Waals surface area contributed by atoms with E-state index in [0.717, 1.165) is 12.3 Å². The molecule has 0 aromatic heterocycles. The molecule has 2 N–H and O–H groups in total. The van der Waals surface area contributed by atoms with Crippen molar-refractivity contribution in [3.8, 4) is 0 Å². The maximum Gasteiger partial charge on any atom is 0.0108 e. The first-order valence-electron chi connectivity index (χ1n) is 6.39. The van der Waals surface area contributed by atoms with Crippen molar-refractivity contribution in [1.29, 1.82) is 0 Å². The molecule has 2 atom stereocenters. The SMILES string of the molecule is Cc1ccc(C)c(CC(N)C(C)C2CC2)c1. The molecule has 88 valence electrons. The maximum atomic E-state index is 6.31. The van der Waals surface area contributed by atoms with Gasteiger partial charge in [0.15, 0.2) is 0 Å². The lowest BCUT2D eigenvalue weighted by atomic mass is 9.90. The van der Waals surface area contributed by atoms with E-state index in [2.05, 4.69) is 39.0 Å². The average Bonchev–Trinajstić information content (AvgIpc) is 3.06. The van der Waals surface area contributed by atoms with Crippen LogP contribution in [-0.4, -0.2) is 6.04 Å². The van der Waals surface area contributed by atoms with Gasteiger partial charge in [-0.2, -0.15) is 0 Å². The number of nitrogens with two attached hydrogens (primary N) is 1. The van der Waals surface area contributed by atoms with E-state index in [0.29, 0.717) is 12.0 Å². The highest BCUT2D eigenvalue weighted by atomic mass is 14.7. The molecule has 1 aromatic carbocycles. The van der Waals surface area contributed by atoms with Gasteiger partial charge in [0, 0.05) is 6.04 Å². The summed E-state index contributed by atoms with van der Waals surface area (Å²) in [5, 5.41) is 0. The van der Waals surface area contributed by atoms with Crippen molar-refractivity contribution >= 4 is 0 Å². The molecular weight excluding hydrogens is 194 g/mol. The molecule has 2 unspecified atom stereocenters. The molecule has 1 aromatic rings. The van der Waals surface area contributed by atoms with Crippen LogP contribution in [0.5, 0.6) is 0 Å². The van der Waals surface area contributed by atoms with E-state index in [4.69, 9.17) is 5.73 Å². The Bertz CT molecular complexity index is 366. The fourth-order valence-electron chi connectivity index (χ4n) is 2.43. The van der Waals surface area contributed by atoms with Crippen LogP contribution < -0.4 is 5.73 Å². The zero-order valence-electron chi connectivity index (χ0n) is 10.7. The molecule has 0 saturated heterocycles. The van der Waals surface area contributed by atoms with Gasteiger partial charge in [-0.25, -0.2) is 0 Å². The number of hydrogen-bond acceptors (Lipinski definition) is 1. The van der Waals surface area contributed by atoms with Crippen LogP contribution in [0.25, 0.3) is 0 Å². The highest BCUT2D eigenvalue weighted by Gasteiger charge is 2.31. The summed E-state index contributed by atoms with van der Waals surface area (Å²) in [6.45, 7) is 6.65. The number of aryl methyl sites for hydroxylation is 2. The lowest BCUT2D eigenvalue weighted by molar-refractivity contribution is 0.404. The molecule has 0 bridgehead atoms. The first-order valence-corrected chi connectivity index (χ1v) is 6.39. The first kappa shape index (κ1) is 11.7. The van der Waals surface area contributed by atoms with Gasteiger partial charge in [-0.1, -0.05) is 30.7 Å². The van der Waals surface area contributed by atoms with Crippen molar-refractivity contribution in [3.63, 3.8) is 0 Å². The van der Waals surface area contributed by atoms with Crippen LogP contribution in [0.1, 0.15) is 36.5 Å². The fourth-order valence-corrected chi connectivity index (χ4v) is 2.43. The number of benzene rings is 1. The third kappa shape index (κ3) is 2.65. The zero-order valence-corrected chi connectivity index (χ0v) is 10.7. The Hall–Kier alpha value is -0.820. The minimum Gasteiger partial charge on any atom is -0.327 e. The molecule has 0 heterocycles. The highest BCUT2D eigenvalue weighted by molar-refractivity contribution is 5.31. The monoisotopic (exact) mass is 217 g/mol. The molecule has 1 aliphatic rings.